The number of rotatable bonds is 8. The molecule has 5 heteroatoms. The molecule has 1 aliphatic rings. The molecule has 0 amide bonds. The molecule has 1 aromatic heterocycles. The molecule has 2 aromatic carbocycles. The number of aryl methyl sites for hydroxylation is 1. The molecule has 0 saturated carbocycles. The summed E-state index contributed by atoms with van der Waals surface area (Å²) in [7, 11) is 4.12. The number of hydrogen-bond donors (Lipinski definition) is 0. The zero-order chi connectivity index (χ0) is 21.6. The number of ether oxygens (including phenoxy) is 1. The molecular formula is C26H30N3OS+. The van der Waals surface area contributed by atoms with Gasteiger partial charge in [0.1, 0.15) is 5.75 Å². The average Bonchev–Trinajstić information content (AvgIpc) is 3.16. The zero-order valence-electron chi connectivity index (χ0n) is 18.4. The van der Waals surface area contributed by atoms with Crippen LogP contribution in [0.15, 0.2) is 73.1 Å². The normalized spacial score (nSPS) is 15.2. The van der Waals surface area contributed by atoms with Crippen LogP contribution in [0.3, 0.4) is 0 Å². The SMILES string of the molecule is CCN1c2ccccc2OC1SCC[n+]1ccc(/C=C/c2ccc(N(C)C)cc2)cc1. The Balaban J connectivity index is 1.28. The molecule has 1 atom stereocenters. The maximum atomic E-state index is 6.13. The number of nitrogens with zero attached hydrogens (tertiary/aromatic N) is 3. The minimum Gasteiger partial charge on any atom is -0.459 e. The van der Waals surface area contributed by atoms with E-state index in [9.17, 15) is 0 Å². The molecular weight excluding hydrogens is 402 g/mol. The van der Waals surface area contributed by atoms with Crippen molar-refractivity contribution in [2.75, 3.05) is 36.2 Å². The van der Waals surface area contributed by atoms with E-state index in [0.29, 0.717) is 0 Å². The lowest BCUT2D eigenvalue weighted by atomic mass is 10.1. The van der Waals surface area contributed by atoms with Crippen molar-refractivity contribution in [2.45, 2.75) is 19.0 Å². The third-order valence-electron chi connectivity index (χ3n) is 5.40. The molecule has 0 fully saturated rings. The van der Waals surface area contributed by atoms with Crippen LogP contribution in [-0.2, 0) is 6.54 Å². The van der Waals surface area contributed by atoms with Crippen molar-refractivity contribution in [3.8, 4) is 5.75 Å². The van der Waals surface area contributed by atoms with Crippen molar-refractivity contribution >= 4 is 35.3 Å². The molecule has 4 rings (SSSR count). The summed E-state index contributed by atoms with van der Waals surface area (Å²) in [6, 6.07) is 21.2. The van der Waals surface area contributed by atoms with E-state index in [1.54, 1.807) is 0 Å². The maximum absolute atomic E-state index is 6.13. The largest absolute Gasteiger partial charge is 0.459 e. The van der Waals surface area contributed by atoms with Crippen molar-refractivity contribution in [3.63, 3.8) is 0 Å². The van der Waals surface area contributed by atoms with Crippen LogP contribution >= 0.6 is 11.8 Å². The number of thioether (sulfide) groups is 1. The average molecular weight is 433 g/mol. The number of anilines is 2. The summed E-state index contributed by atoms with van der Waals surface area (Å²) in [5.74, 6) is 1.98. The first-order valence-electron chi connectivity index (χ1n) is 10.7. The van der Waals surface area contributed by atoms with Gasteiger partial charge in [-0.3, -0.25) is 0 Å². The molecule has 1 aliphatic heterocycles. The molecule has 0 radical (unpaired) electrons. The number of hydrogen-bond acceptors (Lipinski definition) is 4. The molecule has 2 heterocycles. The van der Waals surface area contributed by atoms with Crippen LogP contribution in [0.4, 0.5) is 11.4 Å². The molecule has 0 bridgehead atoms. The van der Waals surface area contributed by atoms with Crippen LogP contribution in [0.2, 0.25) is 0 Å². The Morgan fingerprint density at radius 2 is 1.65 bits per heavy atom. The lowest BCUT2D eigenvalue weighted by Crippen LogP contribution is -2.36. The first-order valence-corrected chi connectivity index (χ1v) is 11.8. The number of pyridine rings is 1. The lowest BCUT2D eigenvalue weighted by molar-refractivity contribution is -0.692. The van der Waals surface area contributed by atoms with Gasteiger partial charge in [-0.15, -0.1) is 0 Å². The lowest BCUT2D eigenvalue weighted by Gasteiger charge is -2.22. The van der Waals surface area contributed by atoms with Crippen LogP contribution in [0.25, 0.3) is 12.2 Å². The van der Waals surface area contributed by atoms with Gasteiger partial charge in [0.2, 0.25) is 5.56 Å². The smallest absolute Gasteiger partial charge is 0.221 e. The Labute approximate surface area is 189 Å². The summed E-state index contributed by atoms with van der Waals surface area (Å²) in [5.41, 5.74) is 4.88. The van der Waals surface area contributed by atoms with Crippen LogP contribution in [0.1, 0.15) is 18.1 Å². The highest BCUT2D eigenvalue weighted by Crippen LogP contribution is 2.39. The van der Waals surface area contributed by atoms with E-state index in [0.717, 1.165) is 24.6 Å². The van der Waals surface area contributed by atoms with E-state index in [1.165, 1.54) is 22.5 Å². The van der Waals surface area contributed by atoms with Crippen LogP contribution in [-0.4, -0.2) is 32.0 Å². The van der Waals surface area contributed by atoms with E-state index in [1.807, 2.05) is 17.8 Å². The summed E-state index contributed by atoms with van der Waals surface area (Å²) in [5, 5.41) is 0. The predicted molar refractivity (Wildman–Crippen MR) is 133 cm³/mol. The van der Waals surface area contributed by atoms with Crippen LogP contribution in [0.5, 0.6) is 5.75 Å². The second kappa shape index (κ2) is 9.92. The first-order chi connectivity index (χ1) is 15.1. The molecule has 31 heavy (non-hydrogen) atoms. The van der Waals surface area contributed by atoms with Gasteiger partial charge in [0.05, 0.1) is 11.4 Å². The van der Waals surface area contributed by atoms with Gasteiger partial charge in [-0.1, -0.05) is 48.2 Å². The van der Waals surface area contributed by atoms with Gasteiger partial charge in [-0.05, 0) is 42.3 Å². The van der Waals surface area contributed by atoms with E-state index in [2.05, 4.69) is 115 Å². The van der Waals surface area contributed by atoms with Gasteiger partial charge >= 0.3 is 0 Å². The summed E-state index contributed by atoms with van der Waals surface area (Å²) >= 11 is 1.85. The van der Waals surface area contributed by atoms with Crippen molar-refractivity contribution in [2.24, 2.45) is 0 Å². The predicted octanol–water partition coefficient (Wildman–Crippen LogP) is 5.15. The third kappa shape index (κ3) is 5.23. The number of benzene rings is 2. The highest BCUT2D eigenvalue weighted by atomic mass is 32.2. The van der Waals surface area contributed by atoms with Gasteiger partial charge in [0.25, 0.3) is 0 Å². The molecule has 0 spiro atoms. The van der Waals surface area contributed by atoms with Gasteiger partial charge in [0, 0.05) is 38.5 Å². The highest BCUT2D eigenvalue weighted by Gasteiger charge is 2.29. The van der Waals surface area contributed by atoms with Crippen molar-refractivity contribution < 1.29 is 9.30 Å². The zero-order valence-corrected chi connectivity index (χ0v) is 19.3. The minimum atomic E-state index is 0.0593. The number of fused-ring (bicyclic) bond motifs is 1. The fourth-order valence-corrected chi connectivity index (χ4v) is 4.72. The Hall–Kier alpha value is -2.92. The molecule has 1 unspecified atom stereocenters. The second-order valence-electron chi connectivity index (χ2n) is 7.74. The van der Waals surface area contributed by atoms with Gasteiger partial charge in [-0.2, -0.15) is 0 Å². The third-order valence-corrected chi connectivity index (χ3v) is 6.46. The quantitative estimate of drug-likeness (QED) is 0.459. The van der Waals surface area contributed by atoms with Crippen molar-refractivity contribution in [1.82, 2.24) is 0 Å². The molecule has 0 N–H and O–H groups in total. The Morgan fingerprint density at radius 3 is 2.32 bits per heavy atom. The molecule has 0 saturated heterocycles. The molecule has 3 aromatic rings. The number of para-hydroxylation sites is 2. The van der Waals surface area contributed by atoms with Crippen molar-refractivity contribution in [3.05, 3.63) is 84.2 Å². The Bertz CT molecular complexity index is 1020. The standard InChI is InChI=1S/C26H30N3OS/c1-4-29-24-7-5-6-8-25(24)30-26(29)31-20-19-28-17-15-22(16-18-28)10-9-21-11-13-23(14-12-21)27(2)3/h5-18,26H,4,19-20H2,1-3H3/q+1. The van der Waals surface area contributed by atoms with Crippen LogP contribution in [0, 0.1) is 0 Å². The van der Waals surface area contributed by atoms with E-state index in [4.69, 9.17) is 4.74 Å². The van der Waals surface area contributed by atoms with Gasteiger partial charge < -0.3 is 14.5 Å². The first kappa shape index (κ1) is 21.3. The Kier molecular flexibility index (Phi) is 6.82. The summed E-state index contributed by atoms with van der Waals surface area (Å²) < 4.78 is 8.36. The molecule has 4 nitrogen and oxygen atoms in total. The van der Waals surface area contributed by atoms with E-state index < -0.39 is 0 Å². The second-order valence-corrected chi connectivity index (χ2v) is 8.88. The molecule has 160 valence electrons. The summed E-state index contributed by atoms with van der Waals surface area (Å²) in [6.07, 6.45) is 8.62. The minimum absolute atomic E-state index is 0.0593. The van der Waals surface area contributed by atoms with Crippen molar-refractivity contribution in [1.29, 1.82) is 0 Å². The maximum Gasteiger partial charge on any atom is 0.221 e. The number of aromatic nitrogens is 1. The van der Waals surface area contributed by atoms with E-state index >= 15 is 0 Å². The highest BCUT2D eigenvalue weighted by molar-refractivity contribution is 7.99. The monoisotopic (exact) mass is 432 g/mol. The van der Waals surface area contributed by atoms with Crippen LogP contribution < -0.4 is 19.1 Å². The van der Waals surface area contributed by atoms with Gasteiger partial charge in [-0.25, -0.2) is 4.57 Å². The van der Waals surface area contributed by atoms with Gasteiger partial charge in [0.15, 0.2) is 18.9 Å². The summed E-state index contributed by atoms with van der Waals surface area (Å²) in [6.45, 7) is 4.08. The molecule has 0 aliphatic carbocycles. The summed E-state index contributed by atoms with van der Waals surface area (Å²) in [4.78, 5) is 4.43. The Morgan fingerprint density at radius 1 is 0.968 bits per heavy atom. The van der Waals surface area contributed by atoms with E-state index in [-0.39, 0.29) is 5.56 Å². The fourth-order valence-electron chi connectivity index (χ4n) is 3.59. The fraction of sp³-hybridized carbons (Fsp3) is 0.269. The topological polar surface area (TPSA) is 19.6 Å².